The first-order valence-electron chi connectivity index (χ1n) is 8.26. The third-order valence-electron chi connectivity index (χ3n) is 3.60. The van der Waals surface area contributed by atoms with E-state index in [2.05, 4.69) is 5.32 Å². The molecule has 0 radical (unpaired) electrons. The monoisotopic (exact) mass is 376 g/mol. The normalized spacial score (nSPS) is 11.6. The van der Waals surface area contributed by atoms with E-state index in [1.165, 1.54) is 26.2 Å². The van der Waals surface area contributed by atoms with Gasteiger partial charge in [-0.25, -0.2) is 12.7 Å². The SMILES string of the molecule is CC(C)Oc1cccc(CNC(=O)c2cccc(S(=O)(=O)N(C)C)c2)c1. The highest BCUT2D eigenvalue weighted by atomic mass is 32.2. The molecule has 2 aromatic carbocycles. The number of carbonyl (C=O) groups is 1. The summed E-state index contributed by atoms with van der Waals surface area (Å²) in [6.07, 6.45) is 0.0706. The van der Waals surface area contributed by atoms with E-state index in [4.69, 9.17) is 4.74 Å². The molecule has 0 atom stereocenters. The van der Waals surface area contributed by atoms with Gasteiger partial charge in [0.25, 0.3) is 5.91 Å². The lowest BCUT2D eigenvalue weighted by molar-refractivity contribution is 0.0950. The van der Waals surface area contributed by atoms with Crippen molar-refractivity contribution < 1.29 is 17.9 Å². The largest absolute Gasteiger partial charge is 0.491 e. The first kappa shape index (κ1) is 19.9. The minimum absolute atomic E-state index is 0.0706. The molecule has 0 fully saturated rings. The van der Waals surface area contributed by atoms with Crippen LogP contribution in [0.2, 0.25) is 0 Å². The maximum Gasteiger partial charge on any atom is 0.251 e. The lowest BCUT2D eigenvalue weighted by Crippen LogP contribution is -2.25. The Morgan fingerprint density at radius 2 is 1.81 bits per heavy atom. The van der Waals surface area contributed by atoms with Gasteiger partial charge in [-0.3, -0.25) is 4.79 Å². The zero-order valence-corrected chi connectivity index (χ0v) is 16.2. The predicted molar refractivity (Wildman–Crippen MR) is 101 cm³/mol. The average molecular weight is 376 g/mol. The van der Waals surface area contributed by atoms with Gasteiger partial charge in [0.2, 0.25) is 10.0 Å². The summed E-state index contributed by atoms with van der Waals surface area (Å²) in [6.45, 7) is 4.21. The Balaban J connectivity index is 2.09. The fourth-order valence-corrected chi connectivity index (χ4v) is 3.24. The molecule has 0 heterocycles. The molecular weight excluding hydrogens is 352 g/mol. The second-order valence-electron chi connectivity index (χ2n) is 6.31. The zero-order valence-electron chi connectivity index (χ0n) is 15.4. The second-order valence-corrected chi connectivity index (χ2v) is 8.46. The van der Waals surface area contributed by atoms with Crippen molar-refractivity contribution in [3.05, 3.63) is 59.7 Å². The van der Waals surface area contributed by atoms with Crippen LogP contribution in [0, 0.1) is 0 Å². The highest BCUT2D eigenvalue weighted by Gasteiger charge is 2.18. The van der Waals surface area contributed by atoms with Crippen LogP contribution < -0.4 is 10.1 Å². The van der Waals surface area contributed by atoms with Crippen LogP contribution in [0.15, 0.2) is 53.4 Å². The summed E-state index contributed by atoms with van der Waals surface area (Å²) in [7, 11) is -0.675. The molecule has 0 aliphatic rings. The van der Waals surface area contributed by atoms with Crippen molar-refractivity contribution in [1.82, 2.24) is 9.62 Å². The van der Waals surface area contributed by atoms with Crippen LogP contribution in [0.1, 0.15) is 29.8 Å². The molecule has 26 heavy (non-hydrogen) atoms. The number of nitrogens with zero attached hydrogens (tertiary/aromatic N) is 1. The maximum absolute atomic E-state index is 12.4. The molecule has 0 bridgehead atoms. The van der Waals surface area contributed by atoms with Crippen LogP contribution >= 0.6 is 0 Å². The van der Waals surface area contributed by atoms with E-state index in [1.807, 2.05) is 38.1 Å². The Bertz CT molecular complexity index is 877. The Morgan fingerprint density at radius 1 is 1.12 bits per heavy atom. The standard InChI is InChI=1S/C19H24N2O4S/c1-14(2)25-17-9-5-7-15(11-17)13-20-19(22)16-8-6-10-18(12-16)26(23,24)21(3)4/h5-12,14H,13H2,1-4H3,(H,20,22). The summed E-state index contributed by atoms with van der Waals surface area (Å²) in [5.74, 6) is 0.404. The second kappa shape index (κ2) is 8.33. The van der Waals surface area contributed by atoms with Gasteiger partial charge in [0, 0.05) is 26.2 Å². The van der Waals surface area contributed by atoms with Gasteiger partial charge in [-0.1, -0.05) is 18.2 Å². The van der Waals surface area contributed by atoms with E-state index in [0.29, 0.717) is 12.1 Å². The van der Waals surface area contributed by atoms with Crippen molar-refractivity contribution in [2.24, 2.45) is 0 Å². The maximum atomic E-state index is 12.4. The van der Waals surface area contributed by atoms with E-state index in [0.717, 1.165) is 15.6 Å². The molecule has 6 nitrogen and oxygen atoms in total. The summed E-state index contributed by atoms with van der Waals surface area (Å²) < 4.78 is 31.1. The molecular formula is C19H24N2O4S. The average Bonchev–Trinajstić information content (AvgIpc) is 2.59. The Kier molecular flexibility index (Phi) is 6.39. The highest BCUT2D eigenvalue weighted by Crippen LogP contribution is 2.16. The van der Waals surface area contributed by atoms with Gasteiger partial charge in [0.05, 0.1) is 11.0 Å². The third-order valence-corrected chi connectivity index (χ3v) is 5.41. The number of ether oxygens (including phenoxy) is 1. The molecule has 0 spiro atoms. The van der Waals surface area contributed by atoms with Gasteiger partial charge in [0.15, 0.2) is 0 Å². The van der Waals surface area contributed by atoms with Crippen LogP contribution in [0.25, 0.3) is 0 Å². The fraction of sp³-hybridized carbons (Fsp3) is 0.316. The molecule has 140 valence electrons. The van der Waals surface area contributed by atoms with Crippen LogP contribution in [-0.4, -0.2) is 38.8 Å². The molecule has 0 unspecified atom stereocenters. The summed E-state index contributed by atoms with van der Waals surface area (Å²) >= 11 is 0. The summed E-state index contributed by atoms with van der Waals surface area (Å²) in [4.78, 5) is 12.5. The molecule has 1 N–H and O–H groups in total. The van der Waals surface area contributed by atoms with Gasteiger partial charge in [-0.2, -0.15) is 0 Å². The predicted octanol–water partition coefficient (Wildman–Crippen LogP) is 2.65. The van der Waals surface area contributed by atoms with Gasteiger partial charge >= 0.3 is 0 Å². The van der Waals surface area contributed by atoms with E-state index in [9.17, 15) is 13.2 Å². The molecule has 0 aliphatic carbocycles. The quantitative estimate of drug-likeness (QED) is 0.806. The number of amides is 1. The fourth-order valence-electron chi connectivity index (χ4n) is 2.29. The Morgan fingerprint density at radius 3 is 2.46 bits per heavy atom. The van der Waals surface area contributed by atoms with Crippen molar-refractivity contribution in [3.8, 4) is 5.75 Å². The summed E-state index contributed by atoms with van der Waals surface area (Å²) in [5, 5.41) is 2.80. The number of sulfonamides is 1. The lowest BCUT2D eigenvalue weighted by Gasteiger charge is -2.13. The first-order chi connectivity index (χ1) is 12.2. The summed E-state index contributed by atoms with van der Waals surface area (Å²) in [5.41, 5.74) is 1.19. The van der Waals surface area contributed by atoms with Crippen LogP contribution in [0.3, 0.4) is 0 Å². The van der Waals surface area contributed by atoms with E-state index in [1.54, 1.807) is 12.1 Å². The van der Waals surface area contributed by atoms with Crippen molar-refractivity contribution in [1.29, 1.82) is 0 Å². The first-order valence-corrected chi connectivity index (χ1v) is 9.70. The number of hydrogen-bond acceptors (Lipinski definition) is 4. The van der Waals surface area contributed by atoms with Crippen LogP contribution in [0.5, 0.6) is 5.75 Å². The van der Waals surface area contributed by atoms with E-state index < -0.39 is 10.0 Å². The van der Waals surface area contributed by atoms with Crippen molar-refractivity contribution in [2.45, 2.75) is 31.4 Å². The molecule has 7 heteroatoms. The smallest absolute Gasteiger partial charge is 0.251 e. The number of carbonyl (C=O) groups excluding carboxylic acids is 1. The van der Waals surface area contributed by atoms with E-state index in [-0.39, 0.29) is 16.9 Å². The molecule has 2 rings (SSSR count). The van der Waals surface area contributed by atoms with Crippen LogP contribution in [-0.2, 0) is 16.6 Å². The lowest BCUT2D eigenvalue weighted by atomic mass is 10.2. The number of nitrogens with one attached hydrogen (secondary N) is 1. The summed E-state index contributed by atoms with van der Waals surface area (Å²) in [6, 6.07) is 13.5. The Labute approximate surface area is 154 Å². The number of benzene rings is 2. The minimum atomic E-state index is -3.58. The van der Waals surface area contributed by atoms with Gasteiger partial charge in [0.1, 0.15) is 5.75 Å². The van der Waals surface area contributed by atoms with Crippen molar-refractivity contribution in [2.75, 3.05) is 14.1 Å². The van der Waals surface area contributed by atoms with Gasteiger partial charge in [-0.05, 0) is 49.7 Å². The molecule has 1 amide bonds. The zero-order chi connectivity index (χ0) is 19.3. The number of hydrogen-bond donors (Lipinski definition) is 1. The molecule has 0 aromatic heterocycles. The van der Waals surface area contributed by atoms with Crippen molar-refractivity contribution >= 4 is 15.9 Å². The highest BCUT2D eigenvalue weighted by molar-refractivity contribution is 7.89. The third kappa shape index (κ3) is 5.06. The molecule has 2 aromatic rings. The van der Waals surface area contributed by atoms with E-state index >= 15 is 0 Å². The Hall–Kier alpha value is -2.38. The minimum Gasteiger partial charge on any atom is -0.491 e. The topological polar surface area (TPSA) is 75.7 Å². The van der Waals surface area contributed by atoms with Crippen molar-refractivity contribution in [3.63, 3.8) is 0 Å². The molecule has 0 saturated carbocycles. The number of rotatable bonds is 7. The van der Waals surface area contributed by atoms with Gasteiger partial charge < -0.3 is 10.1 Å². The van der Waals surface area contributed by atoms with Crippen LogP contribution in [0.4, 0.5) is 0 Å². The molecule has 0 aliphatic heterocycles. The molecule has 0 saturated heterocycles. The van der Waals surface area contributed by atoms with Gasteiger partial charge in [-0.15, -0.1) is 0 Å².